The summed E-state index contributed by atoms with van der Waals surface area (Å²) in [5.41, 5.74) is 4.77. The molecule has 0 fully saturated rings. The molecule has 0 aliphatic heterocycles. The molecule has 1 heterocycles. The van der Waals surface area contributed by atoms with E-state index < -0.39 is 0 Å². The first-order valence-corrected chi connectivity index (χ1v) is 7.18. The fourth-order valence-electron chi connectivity index (χ4n) is 2.28. The van der Waals surface area contributed by atoms with Gasteiger partial charge in [0.05, 0.1) is 6.33 Å². The maximum absolute atomic E-state index is 4.62. The van der Waals surface area contributed by atoms with Crippen LogP contribution in [-0.2, 0) is 12.8 Å². The predicted molar refractivity (Wildman–Crippen MR) is 85.9 cm³/mol. The second kappa shape index (κ2) is 9.28. The molecule has 106 valence electrons. The van der Waals surface area contributed by atoms with Crippen LogP contribution in [0.15, 0.2) is 67.1 Å². The van der Waals surface area contributed by atoms with Gasteiger partial charge in [0.1, 0.15) is 0 Å². The Morgan fingerprint density at radius 3 is 2.36 bits per heavy atom. The zero-order chi connectivity index (χ0) is 14.3. The summed E-state index contributed by atoms with van der Waals surface area (Å²) in [6, 6.07) is 18.9. The van der Waals surface area contributed by atoms with Gasteiger partial charge < -0.3 is 10.3 Å². The largest absolute Gasteiger partial charge is 1.00 e. The SMILES string of the molecule is [K+].c1ccc(CC[N-]c2ccc(Cc3cnc[nH]3)cc2)cc1. The molecule has 2 aromatic carbocycles. The van der Waals surface area contributed by atoms with Crippen molar-refractivity contribution in [2.24, 2.45) is 0 Å². The summed E-state index contributed by atoms with van der Waals surface area (Å²) >= 11 is 0. The number of aromatic amines is 1. The molecule has 1 N–H and O–H groups in total. The Morgan fingerprint density at radius 2 is 1.68 bits per heavy atom. The van der Waals surface area contributed by atoms with Gasteiger partial charge in [-0.1, -0.05) is 54.6 Å². The van der Waals surface area contributed by atoms with E-state index in [4.69, 9.17) is 0 Å². The maximum atomic E-state index is 4.62. The van der Waals surface area contributed by atoms with E-state index in [1.54, 1.807) is 6.33 Å². The summed E-state index contributed by atoms with van der Waals surface area (Å²) < 4.78 is 0. The Morgan fingerprint density at radius 1 is 0.909 bits per heavy atom. The minimum absolute atomic E-state index is 0. The van der Waals surface area contributed by atoms with Crippen LogP contribution in [0.1, 0.15) is 16.8 Å². The predicted octanol–water partition coefficient (Wildman–Crippen LogP) is 1.25. The van der Waals surface area contributed by atoms with Crippen LogP contribution in [0.4, 0.5) is 5.69 Å². The molecule has 4 heteroatoms. The molecule has 0 amide bonds. The fraction of sp³-hybridized carbons (Fsp3) is 0.167. The molecule has 3 nitrogen and oxygen atoms in total. The third-order valence-electron chi connectivity index (χ3n) is 3.42. The molecule has 0 saturated carbocycles. The summed E-state index contributed by atoms with van der Waals surface area (Å²) in [5.74, 6) is 0. The van der Waals surface area contributed by atoms with E-state index in [1.807, 2.05) is 12.3 Å². The summed E-state index contributed by atoms with van der Waals surface area (Å²) in [4.78, 5) is 7.15. The number of aromatic nitrogens is 2. The molecule has 3 aromatic rings. The number of hydrogen-bond donors (Lipinski definition) is 1. The molecule has 0 bridgehead atoms. The van der Waals surface area contributed by atoms with Crippen molar-refractivity contribution in [3.05, 3.63) is 89.3 Å². The Balaban J connectivity index is 0.00000176. The van der Waals surface area contributed by atoms with Gasteiger partial charge in [-0.2, -0.15) is 0 Å². The van der Waals surface area contributed by atoms with Crippen LogP contribution >= 0.6 is 0 Å². The van der Waals surface area contributed by atoms with Crippen molar-refractivity contribution in [2.75, 3.05) is 6.54 Å². The minimum Gasteiger partial charge on any atom is -0.684 e. The summed E-state index contributed by atoms with van der Waals surface area (Å²) in [7, 11) is 0. The zero-order valence-electron chi connectivity index (χ0n) is 12.9. The van der Waals surface area contributed by atoms with Crippen LogP contribution < -0.4 is 51.4 Å². The van der Waals surface area contributed by atoms with Gasteiger partial charge in [0.25, 0.3) is 0 Å². The van der Waals surface area contributed by atoms with E-state index >= 15 is 0 Å². The van der Waals surface area contributed by atoms with Gasteiger partial charge in [0, 0.05) is 18.3 Å². The third-order valence-corrected chi connectivity index (χ3v) is 3.42. The van der Waals surface area contributed by atoms with Crippen molar-refractivity contribution >= 4 is 5.69 Å². The van der Waals surface area contributed by atoms with Gasteiger partial charge >= 0.3 is 51.4 Å². The number of hydrogen-bond acceptors (Lipinski definition) is 1. The Kier molecular flexibility index (Phi) is 7.35. The summed E-state index contributed by atoms with van der Waals surface area (Å²) in [6.07, 6.45) is 5.43. The molecule has 1 aromatic heterocycles. The van der Waals surface area contributed by atoms with Gasteiger partial charge in [-0.25, -0.2) is 4.98 Å². The molecule has 22 heavy (non-hydrogen) atoms. The van der Waals surface area contributed by atoms with Crippen LogP contribution in [0.2, 0.25) is 0 Å². The first-order valence-electron chi connectivity index (χ1n) is 7.18. The van der Waals surface area contributed by atoms with Gasteiger partial charge in [0.2, 0.25) is 0 Å². The normalized spacial score (nSPS) is 10.0. The van der Waals surface area contributed by atoms with Crippen LogP contribution in [0.25, 0.3) is 5.32 Å². The number of imidazole rings is 1. The number of benzene rings is 2. The van der Waals surface area contributed by atoms with Crippen molar-refractivity contribution in [2.45, 2.75) is 12.8 Å². The van der Waals surface area contributed by atoms with Gasteiger partial charge in [-0.05, 0) is 17.5 Å². The number of nitrogens with zero attached hydrogens (tertiary/aromatic N) is 2. The van der Waals surface area contributed by atoms with Crippen molar-refractivity contribution in [3.8, 4) is 0 Å². The van der Waals surface area contributed by atoms with Crippen LogP contribution in [0, 0.1) is 0 Å². The summed E-state index contributed by atoms with van der Waals surface area (Å²) in [6.45, 7) is 0.823. The second-order valence-electron chi connectivity index (χ2n) is 5.04. The minimum atomic E-state index is 0. The molecular weight excluding hydrogens is 297 g/mol. The van der Waals surface area contributed by atoms with Gasteiger partial charge in [0.15, 0.2) is 0 Å². The number of nitrogens with one attached hydrogen (secondary N) is 1. The molecule has 0 atom stereocenters. The van der Waals surface area contributed by atoms with E-state index in [-0.39, 0.29) is 51.4 Å². The summed E-state index contributed by atoms with van der Waals surface area (Å²) in [5, 5.41) is 4.62. The average molecular weight is 315 g/mol. The average Bonchev–Trinajstić information content (AvgIpc) is 3.03. The van der Waals surface area contributed by atoms with Crippen molar-refractivity contribution in [3.63, 3.8) is 0 Å². The van der Waals surface area contributed by atoms with Crippen molar-refractivity contribution in [1.29, 1.82) is 0 Å². The van der Waals surface area contributed by atoms with Gasteiger partial charge in [-0.3, -0.25) is 0 Å². The molecular formula is C18H18KN3. The monoisotopic (exact) mass is 315 g/mol. The molecule has 0 spiro atoms. The Bertz CT molecular complexity index is 649. The van der Waals surface area contributed by atoms with E-state index in [0.29, 0.717) is 0 Å². The van der Waals surface area contributed by atoms with Crippen LogP contribution in [0.3, 0.4) is 0 Å². The quantitative estimate of drug-likeness (QED) is 0.684. The zero-order valence-corrected chi connectivity index (χ0v) is 16.0. The molecule has 0 aliphatic rings. The Hall–Kier alpha value is -0.914. The fourth-order valence-corrected chi connectivity index (χ4v) is 2.28. The maximum Gasteiger partial charge on any atom is 1.00 e. The topological polar surface area (TPSA) is 42.8 Å². The molecule has 0 aliphatic carbocycles. The molecule has 3 rings (SSSR count). The second-order valence-corrected chi connectivity index (χ2v) is 5.04. The first-order chi connectivity index (χ1) is 10.4. The van der Waals surface area contributed by atoms with Crippen LogP contribution in [0.5, 0.6) is 0 Å². The number of rotatable bonds is 6. The first kappa shape index (κ1) is 17.4. The third kappa shape index (κ3) is 5.37. The molecule has 0 radical (unpaired) electrons. The van der Waals surface area contributed by atoms with Gasteiger partial charge in [-0.15, -0.1) is 12.2 Å². The van der Waals surface area contributed by atoms with E-state index in [2.05, 4.69) is 63.8 Å². The van der Waals surface area contributed by atoms with Crippen molar-refractivity contribution < 1.29 is 51.4 Å². The van der Waals surface area contributed by atoms with E-state index in [1.165, 1.54) is 11.1 Å². The molecule has 0 unspecified atom stereocenters. The molecule has 0 saturated heterocycles. The standard InChI is InChI=1S/C18H18N3.K/c1-2-4-15(5-3-1)10-11-20-17-8-6-16(7-9-17)12-18-13-19-14-21-18;/h1-9,13-14H,10-12H2,(H,19,21);/q-1;+1. The van der Waals surface area contributed by atoms with E-state index in [0.717, 1.165) is 30.8 Å². The van der Waals surface area contributed by atoms with Crippen molar-refractivity contribution in [1.82, 2.24) is 9.97 Å². The number of H-pyrrole nitrogens is 1. The van der Waals surface area contributed by atoms with Crippen LogP contribution in [-0.4, -0.2) is 16.5 Å². The smallest absolute Gasteiger partial charge is 0.684 e. The Labute approximate surface area is 174 Å². The van der Waals surface area contributed by atoms with E-state index in [9.17, 15) is 0 Å².